The molecule has 0 atom stereocenters. The summed E-state index contributed by atoms with van der Waals surface area (Å²) in [4.78, 5) is 23.6. The minimum Gasteiger partial charge on any atom is -0.355 e. The van der Waals surface area contributed by atoms with Crippen LogP contribution in [0.3, 0.4) is 0 Å². The van der Waals surface area contributed by atoms with Gasteiger partial charge in [-0.15, -0.1) is 10.2 Å². The number of H-pyrrole nitrogens is 1. The third-order valence-electron chi connectivity index (χ3n) is 7.53. The fraction of sp³-hybridized carbons (Fsp3) is 0.500. The van der Waals surface area contributed by atoms with Gasteiger partial charge in [-0.2, -0.15) is 4.98 Å². The monoisotopic (exact) mass is 538 g/mol. The summed E-state index contributed by atoms with van der Waals surface area (Å²) in [6, 6.07) is 6.42. The Morgan fingerprint density at radius 1 is 0.725 bits per heavy atom. The van der Waals surface area contributed by atoms with Crippen molar-refractivity contribution < 1.29 is 0 Å². The molecule has 8 bridgehead atoms. The summed E-state index contributed by atoms with van der Waals surface area (Å²) in [5, 5.41) is 8.94. The van der Waals surface area contributed by atoms with Crippen LogP contribution in [-0.2, 0) is 19.4 Å². The van der Waals surface area contributed by atoms with Gasteiger partial charge in [0.15, 0.2) is 5.65 Å². The van der Waals surface area contributed by atoms with Crippen LogP contribution in [0.15, 0.2) is 23.2 Å². The van der Waals surface area contributed by atoms with Crippen molar-refractivity contribution in [2.75, 3.05) is 0 Å². The molecule has 8 heteroatoms. The number of nitrogens with zero attached hydrogens (tertiary/aromatic N) is 7. The first kappa shape index (κ1) is 27.9. The summed E-state index contributed by atoms with van der Waals surface area (Å²) in [7, 11) is 0. The van der Waals surface area contributed by atoms with E-state index in [1.807, 2.05) is 12.1 Å². The molecule has 40 heavy (non-hydrogen) atoms. The van der Waals surface area contributed by atoms with E-state index in [0.717, 1.165) is 111 Å². The second-order valence-electron chi connectivity index (χ2n) is 10.8. The number of fused-ring (bicyclic) bond motifs is 8. The topological polar surface area (TPSA) is 97.5 Å². The highest BCUT2D eigenvalue weighted by Crippen LogP contribution is 2.28. The SMILES string of the molecule is CCCCC1=Nc2nc1c(CCCC)c1[nH]c(cc3nc(cc4nnc(n2)n4CCCC)C=C3)cc1CCCC. The lowest BCUT2D eigenvalue weighted by Gasteiger charge is -2.08. The first-order chi connectivity index (χ1) is 19.6. The zero-order valence-corrected chi connectivity index (χ0v) is 24.5. The molecule has 0 fully saturated rings. The van der Waals surface area contributed by atoms with E-state index in [4.69, 9.17) is 19.9 Å². The summed E-state index contributed by atoms with van der Waals surface area (Å²) < 4.78 is 2.07. The molecular weight excluding hydrogens is 496 g/mol. The quantitative estimate of drug-likeness (QED) is 0.197. The van der Waals surface area contributed by atoms with Gasteiger partial charge in [0.25, 0.3) is 11.7 Å². The molecule has 5 heterocycles. The Morgan fingerprint density at radius 3 is 2.23 bits per heavy atom. The second kappa shape index (κ2) is 13.1. The fourth-order valence-corrected chi connectivity index (χ4v) is 5.28. The molecule has 3 aromatic heterocycles. The number of hydrogen-bond acceptors (Lipinski definition) is 6. The van der Waals surface area contributed by atoms with E-state index >= 15 is 0 Å². The van der Waals surface area contributed by atoms with E-state index in [1.165, 1.54) is 16.6 Å². The first-order valence-electron chi connectivity index (χ1n) is 15.2. The van der Waals surface area contributed by atoms with Gasteiger partial charge in [-0.1, -0.05) is 53.4 Å². The van der Waals surface area contributed by atoms with E-state index in [1.54, 1.807) is 0 Å². The van der Waals surface area contributed by atoms with Gasteiger partial charge in [-0.25, -0.2) is 15.0 Å². The van der Waals surface area contributed by atoms with Crippen molar-refractivity contribution in [3.8, 4) is 0 Å². The molecule has 1 N–H and O–H groups in total. The van der Waals surface area contributed by atoms with Crippen LogP contribution in [0.5, 0.6) is 0 Å². The molecule has 3 aromatic rings. The summed E-state index contributed by atoms with van der Waals surface area (Å²) in [5.74, 6) is 1.02. The van der Waals surface area contributed by atoms with Gasteiger partial charge in [0, 0.05) is 29.2 Å². The molecule has 0 aliphatic carbocycles. The lowest BCUT2D eigenvalue weighted by atomic mass is 9.98. The Hall–Kier alpha value is -3.68. The Kier molecular flexibility index (Phi) is 9.14. The Labute approximate surface area is 237 Å². The van der Waals surface area contributed by atoms with E-state index in [0.29, 0.717) is 11.7 Å². The number of unbranched alkanes of at least 4 members (excludes halogenated alkanes) is 4. The van der Waals surface area contributed by atoms with Crippen LogP contribution in [-0.4, -0.2) is 40.4 Å². The normalized spacial score (nSPS) is 12.8. The summed E-state index contributed by atoms with van der Waals surface area (Å²) >= 11 is 0. The van der Waals surface area contributed by atoms with Crippen molar-refractivity contribution in [1.82, 2.24) is 34.7 Å². The van der Waals surface area contributed by atoms with Gasteiger partial charge >= 0.3 is 0 Å². The number of aryl methyl sites for hydroxylation is 3. The van der Waals surface area contributed by atoms with E-state index < -0.39 is 0 Å². The van der Waals surface area contributed by atoms with Crippen molar-refractivity contribution in [3.05, 3.63) is 46.4 Å². The van der Waals surface area contributed by atoms with Crippen LogP contribution in [0.1, 0.15) is 114 Å². The van der Waals surface area contributed by atoms with E-state index in [-0.39, 0.29) is 0 Å². The molecule has 0 saturated heterocycles. The minimum absolute atomic E-state index is 0.473. The van der Waals surface area contributed by atoms with Gasteiger partial charge in [0.1, 0.15) is 0 Å². The highest BCUT2D eigenvalue weighted by molar-refractivity contribution is 6.04. The maximum absolute atomic E-state index is 5.10. The standard InChI is InChI=1S/C32H42N8/c1-5-9-13-22-19-25-20-23-16-17-24(33-23)21-28-38-39-32(40(28)18-12-8-4)37-31-35-27(15-11-7-3)30(36-31)26(14-10-6-2)29(22)34-25/h16-17,19-21,34H,5-15,18H2,1-4H3. The predicted octanol–water partition coefficient (Wildman–Crippen LogP) is 7.94. The number of aromatic nitrogens is 7. The zero-order valence-electron chi connectivity index (χ0n) is 24.5. The third kappa shape index (κ3) is 6.21. The number of hydrogen-bond donors (Lipinski definition) is 1. The highest BCUT2D eigenvalue weighted by atomic mass is 15.3. The van der Waals surface area contributed by atoms with Crippen LogP contribution in [0.4, 0.5) is 5.95 Å². The Morgan fingerprint density at radius 2 is 1.45 bits per heavy atom. The van der Waals surface area contributed by atoms with Crippen molar-refractivity contribution in [2.45, 2.75) is 105 Å². The average molecular weight is 539 g/mol. The van der Waals surface area contributed by atoms with Crippen LogP contribution >= 0.6 is 0 Å². The molecule has 0 amide bonds. The second-order valence-corrected chi connectivity index (χ2v) is 10.8. The largest absolute Gasteiger partial charge is 0.355 e. The van der Waals surface area contributed by atoms with Gasteiger partial charge in [-0.05, 0) is 74.8 Å². The average Bonchev–Trinajstić information content (AvgIpc) is 3.74. The smallest absolute Gasteiger partial charge is 0.254 e. The maximum Gasteiger partial charge on any atom is 0.254 e. The predicted molar refractivity (Wildman–Crippen MR) is 165 cm³/mol. The Balaban J connectivity index is 1.86. The molecule has 0 spiro atoms. The van der Waals surface area contributed by atoms with E-state index in [9.17, 15) is 0 Å². The van der Waals surface area contributed by atoms with Gasteiger partial charge in [0.05, 0.1) is 22.8 Å². The summed E-state index contributed by atoms with van der Waals surface area (Å²) in [6.07, 6.45) is 15.7. The van der Waals surface area contributed by atoms with Gasteiger partial charge in [-0.3, -0.25) is 4.57 Å². The summed E-state index contributed by atoms with van der Waals surface area (Å²) in [5.41, 5.74) is 9.40. The van der Waals surface area contributed by atoms with Crippen LogP contribution in [0.25, 0.3) is 34.6 Å². The van der Waals surface area contributed by atoms with Crippen LogP contribution in [0.2, 0.25) is 0 Å². The molecular formula is C32H42N8. The highest BCUT2D eigenvalue weighted by Gasteiger charge is 2.20. The number of rotatable bonds is 12. The lowest BCUT2D eigenvalue weighted by molar-refractivity contribution is 0.657. The molecule has 2 aliphatic heterocycles. The zero-order chi connectivity index (χ0) is 27.9. The van der Waals surface area contributed by atoms with Crippen molar-refractivity contribution in [1.29, 1.82) is 0 Å². The van der Waals surface area contributed by atoms with E-state index in [2.05, 4.69) is 65.7 Å². The van der Waals surface area contributed by atoms with Crippen molar-refractivity contribution in [2.24, 2.45) is 4.99 Å². The molecule has 0 radical (unpaired) electrons. The third-order valence-corrected chi connectivity index (χ3v) is 7.53. The molecule has 0 saturated carbocycles. The number of aliphatic imine (C=N–C) groups is 1. The van der Waals surface area contributed by atoms with Crippen molar-refractivity contribution >= 4 is 46.3 Å². The molecule has 0 aromatic carbocycles. The number of aromatic amines is 1. The van der Waals surface area contributed by atoms with Gasteiger partial charge in [0.2, 0.25) is 0 Å². The minimum atomic E-state index is 0.473. The molecule has 0 unspecified atom stereocenters. The van der Waals surface area contributed by atoms with Gasteiger partial charge < -0.3 is 4.98 Å². The first-order valence-corrected chi connectivity index (χ1v) is 15.2. The lowest BCUT2D eigenvalue weighted by Crippen LogP contribution is -2.05. The van der Waals surface area contributed by atoms with Crippen molar-refractivity contribution in [3.63, 3.8) is 0 Å². The summed E-state index contributed by atoms with van der Waals surface area (Å²) in [6.45, 7) is 9.68. The van der Waals surface area contributed by atoms with Crippen LogP contribution in [0, 0.1) is 0 Å². The number of nitrogens with one attached hydrogen (secondary N) is 1. The Bertz CT molecular complexity index is 1560. The maximum atomic E-state index is 5.10. The molecule has 5 rings (SSSR count). The molecule has 210 valence electrons. The van der Waals surface area contributed by atoms with Crippen LogP contribution < -0.4 is 0 Å². The molecule has 8 nitrogen and oxygen atoms in total. The molecule has 2 aliphatic rings. The fourth-order valence-electron chi connectivity index (χ4n) is 5.28.